The van der Waals surface area contributed by atoms with E-state index in [9.17, 15) is 17.7 Å². The molecule has 0 aliphatic heterocycles. The molecule has 2 unspecified atom stereocenters. The van der Waals surface area contributed by atoms with Crippen LogP contribution in [0, 0.1) is 0 Å². The van der Waals surface area contributed by atoms with Crippen LogP contribution in [-0.2, 0) is 9.09 Å². The highest BCUT2D eigenvalue weighted by Crippen LogP contribution is 2.48. The molecule has 8 heteroatoms. The SMILES string of the molecule is CP(=O)(O)OC(c1cccc(Cl)c1)C(F)(F)F. The van der Waals surface area contributed by atoms with Crippen LogP contribution in [0.2, 0.25) is 5.02 Å². The molecule has 0 aromatic heterocycles. The highest BCUT2D eigenvalue weighted by Gasteiger charge is 2.44. The molecular formula is C9H9ClF3O3P. The largest absolute Gasteiger partial charge is 0.419 e. The minimum Gasteiger partial charge on any atom is -0.324 e. The first kappa shape index (κ1) is 14.5. The van der Waals surface area contributed by atoms with Crippen molar-refractivity contribution in [3.8, 4) is 0 Å². The molecule has 2 atom stereocenters. The first-order valence-corrected chi connectivity index (χ1v) is 6.81. The van der Waals surface area contributed by atoms with Crippen LogP contribution in [-0.4, -0.2) is 17.7 Å². The van der Waals surface area contributed by atoms with Crippen molar-refractivity contribution in [2.45, 2.75) is 12.3 Å². The third-order valence-corrected chi connectivity index (χ3v) is 2.59. The zero-order chi connectivity index (χ0) is 13.3. The van der Waals surface area contributed by atoms with Gasteiger partial charge in [0.2, 0.25) is 0 Å². The normalized spacial score (nSPS) is 17.5. The maximum atomic E-state index is 12.7. The Hall–Kier alpha value is -0.550. The Labute approximate surface area is 101 Å². The fourth-order valence-corrected chi connectivity index (χ4v) is 2.01. The predicted molar refractivity (Wildman–Crippen MR) is 57.1 cm³/mol. The summed E-state index contributed by atoms with van der Waals surface area (Å²) in [5.41, 5.74) is -0.318. The van der Waals surface area contributed by atoms with E-state index in [-0.39, 0.29) is 10.6 Å². The van der Waals surface area contributed by atoms with Gasteiger partial charge in [0, 0.05) is 11.7 Å². The van der Waals surface area contributed by atoms with E-state index in [2.05, 4.69) is 4.52 Å². The van der Waals surface area contributed by atoms with E-state index in [1.807, 2.05) is 0 Å². The van der Waals surface area contributed by atoms with Crippen molar-refractivity contribution in [3.63, 3.8) is 0 Å². The second-order valence-electron chi connectivity index (χ2n) is 3.39. The van der Waals surface area contributed by atoms with Gasteiger partial charge in [-0.1, -0.05) is 23.7 Å². The Kier molecular flexibility index (Phi) is 4.25. The van der Waals surface area contributed by atoms with E-state index in [1.165, 1.54) is 12.1 Å². The first-order chi connectivity index (χ1) is 7.59. The maximum absolute atomic E-state index is 12.7. The van der Waals surface area contributed by atoms with Gasteiger partial charge in [-0.05, 0) is 17.7 Å². The van der Waals surface area contributed by atoms with Crippen LogP contribution in [0.15, 0.2) is 24.3 Å². The highest BCUT2D eigenvalue weighted by molar-refractivity contribution is 7.51. The van der Waals surface area contributed by atoms with Crippen LogP contribution in [0.25, 0.3) is 0 Å². The number of halogens is 4. The second kappa shape index (κ2) is 4.98. The van der Waals surface area contributed by atoms with Crippen molar-refractivity contribution in [3.05, 3.63) is 34.9 Å². The van der Waals surface area contributed by atoms with E-state index in [1.54, 1.807) is 0 Å². The molecule has 96 valence electrons. The second-order valence-corrected chi connectivity index (χ2v) is 5.64. The topological polar surface area (TPSA) is 46.5 Å². The van der Waals surface area contributed by atoms with E-state index < -0.39 is 19.9 Å². The van der Waals surface area contributed by atoms with Crippen molar-refractivity contribution in [1.29, 1.82) is 0 Å². The number of hydrogen-bond donors (Lipinski definition) is 1. The molecule has 1 aromatic rings. The fraction of sp³-hybridized carbons (Fsp3) is 0.333. The van der Waals surface area contributed by atoms with Crippen molar-refractivity contribution < 1.29 is 27.2 Å². The smallest absolute Gasteiger partial charge is 0.324 e. The Morgan fingerprint density at radius 2 is 2.06 bits per heavy atom. The third-order valence-electron chi connectivity index (χ3n) is 1.75. The van der Waals surface area contributed by atoms with Gasteiger partial charge in [0.1, 0.15) is 0 Å². The minimum atomic E-state index is -4.79. The van der Waals surface area contributed by atoms with Crippen LogP contribution >= 0.6 is 19.2 Å². The Morgan fingerprint density at radius 3 is 2.47 bits per heavy atom. The summed E-state index contributed by atoms with van der Waals surface area (Å²) >= 11 is 5.56. The van der Waals surface area contributed by atoms with Crippen molar-refractivity contribution in [2.24, 2.45) is 0 Å². The molecule has 0 saturated heterocycles. The van der Waals surface area contributed by atoms with E-state index >= 15 is 0 Å². The standard InChI is InChI=1S/C9H9ClF3O3P/c1-17(14,15)16-8(9(11,12)13)6-3-2-4-7(10)5-6/h2-5,8H,1H3,(H,14,15). The summed E-state index contributed by atoms with van der Waals surface area (Å²) in [6.45, 7) is 0.691. The van der Waals surface area contributed by atoms with Crippen molar-refractivity contribution in [1.82, 2.24) is 0 Å². The highest BCUT2D eigenvalue weighted by atomic mass is 35.5. The van der Waals surface area contributed by atoms with Crippen LogP contribution in [0.3, 0.4) is 0 Å². The molecule has 0 amide bonds. The van der Waals surface area contributed by atoms with E-state index in [4.69, 9.17) is 16.5 Å². The summed E-state index contributed by atoms with van der Waals surface area (Å²) in [4.78, 5) is 8.88. The molecule has 0 bridgehead atoms. The van der Waals surface area contributed by atoms with E-state index in [0.717, 1.165) is 12.1 Å². The molecule has 1 aromatic carbocycles. The number of rotatable bonds is 3. The molecule has 3 nitrogen and oxygen atoms in total. The molecule has 0 heterocycles. The monoisotopic (exact) mass is 288 g/mol. The fourth-order valence-electron chi connectivity index (χ4n) is 1.17. The Balaban J connectivity index is 3.12. The summed E-state index contributed by atoms with van der Waals surface area (Å²) in [7, 11) is -4.26. The van der Waals surface area contributed by atoms with E-state index in [0.29, 0.717) is 6.66 Å². The van der Waals surface area contributed by atoms with Gasteiger partial charge in [-0.2, -0.15) is 13.2 Å². The average Bonchev–Trinajstić information content (AvgIpc) is 2.11. The lowest BCUT2D eigenvalue weighted by Gasteiger charge is -2.22. The zero-order valence-electron chi connectivity index (χ0n) is 8.61. The molecule has 0 fully saturated rings. The van der Waals surface area contributed by atoms with Crippen LogP contribution in [0.1, 0.15) is 11.7 Å². The Morgan fingerprint density at radius 1 is 1.47 bits per heavy atom. The van der Waals surface area contributed by atoms with Crippen LogP contribution in [0.4, 0.5) is 13.2 Å². The van der Waals surface area contributed by atoms with Crippen LogP contribution < -0.4 is 0 Å². The minimum absolute atomic E-state index is 0.0872. The van der Waals surface area contributed by atoms with Gasteiger partial charge >= 0.3 is 13.8 Å². The third kappa shape index (κ3) is 4.68. The predicted octanol–water partition coefficient (Wildman–Crippen LogP) is 3.78. The number of hydrogen-bond acceptors (Lipinski definition) is 2. The van der Waals surface area contributed by atoms with Gasteiger partial charge in [-0.3, -0.25) is 9.09 Å². The summed E-state index contributed by atoms with van der Waals surface area (Å²) < 4.78 is 53.1. The van der Waals surface area contributed by atoms with Gasteiger partial charge in [-0.15, -0.1) is 0 Å². The molecule has 17 heavy (non-hydrogen) atoms. The molecule has 0 spiro atoms. The summed E-state index contributed by atoms with van der Waals surface area (Å²) in [5, 5.41) is 0.0872. The molecular weight excluding hydrogens is 280 g/mol. The van der Waals surface area contributed by atoms with Crippen LogP contribution in [0.5, 0.6) is 0 Å². The van der Waals surface area contributed by atoms with Gasteiger partial charge in [0.15, 0.2) is 6.10 Å². The lowest BCUT2D eigenvalue weighted by atomic mass is 10.1. The van der Waals surface area contributed by atoms with Gasteiger partial charge in [-0.25, -0.2) is 0 Å². The van der Waals surface area contributed by atoms with Gasteiger partial charge in [0.25, 0.3) is 0 Å². The number of benzene rings is 1. The van der Waals surface area contributed by atoms with Crippen molar-refractivity contribution >= 4 is 19.2 Å². The maximum Gasteiger partial charge on any atom is 0.419 e. The molecule has 0 radical (unpaired) electrons. The molecule has 0 aliphatic rings. The molecule has 0 aliphatic carbocycles. The lowest BCUT2D eigenvalue weighted by Crippen LogP contribution is -2.22. The van der Waals surface area contributed by atoms with Crippen molar-refractivity contribution in [2.75, 3.05) is 6.66 Å². The average molecular weight is 289 g/mol. The lowest BCUT2D eigenvalue weighted by molar-refractivity contribution is -0.199. The Bertz CT molecular complexity index is 443. The summed E-state index contributed by atoms with van der Waals surface area (Å²) in [6, 6.07) is 4.86. The summed E-state index contributed by atoms with van der Waals surface area (Å²) in [5.74, 6) is 0. The summed E-state index contributed by atoms with van der Waals surface area (Å²) in [6.07, 6.45) is -7.26. The first-order valence-electron chi connectivity index (χ1n) is 4.40. The van der Waals surface area contributed by atoms with Gasteiger partial charge < -0.3 is 4.89 Å². The van der Waals surface area contributed by atoms with Gasteiger partial charge in [0.05, 0.1) is 0 Å². The quantitative estimate of drug-likeness (QED) is 0.861. The molecule has 0 saturated carbocycles. The zero-order valence-corrected chi connectivity index (χ0v) is 10.3. The number of alkyl halides is 3. The molecule has 1 N–H and O–H groups in total. The molecule has 1 rings (SSSR count).